The molecule has 0 radical (unpaired) electrons. The van der Waals surface area contributed by atoms with Gasteiger partial charge in [-0.3, -0.25) is 4.79 Å². The van der Waals surface area contributed by atoms with Crippen LogP contribution in [0.15, 0.2) is 72.8 Å². The highest BCUT2D eigenvalue weighted by Gasteiger charge is 2.28. The van der Waals surface area contributed by atoms with Crippen molar-refractivity contribution in [3.8, 4) is 17.0 Å². The molecule has 0 spiro atoms. The summed E-state index contributed by atoms with van der Waals surface area (Å²) < 4.78 is 15.3. The van der Waals surface area contributed by atoms with Crippen LogP contribution in [0.1, 0.15) is 46.8 Å². The van der Waals surface area contributed by atoms with Crippen molar-refractivity contribution in [3.05, 3.63) is 100 Å². The number of hydrogen-bond acceptors (Lipinski definition) is 4. The van der Waals surface area contributed by atoms with Crippen LogP contribution in [-0.2, 0) is 6.54 Å². The summed E-state index contributed by atoms with van der Waals surface area (Å²) in [5.74, 6) is -0.683. The van der Waals surface area contributed by atoms with E-state index in [0.717, 1.165) is 25.0 Å². The average Bonchev–Trinajstić information content (AvgIpc) is 3.28. The van der Waals surface area contributed by atoms with Gasteiger partial charge in [0.25, 0.3) is 5.91 Å². The summed E-state index contributed by atoms with van der Waals surface area (Å²) in [6.07, 6.45) is 2.90. The molecule has 37 heavy (non-hydrogen) atoms. The third-order valence-corrected chi connectivity index (χ3v) is 6.82. The summed E-state index contributed by atoms with van der Waals surface area (Å²) in [6, 6.07) is 18.9. The van der Waals surface area contributed by atoms with E-state index in [1.165, 1.54) is 16.8 Å². The van der Waals surface area contributed by atoms with Gasteiger partial charge in [-0.15, -0.1) is 0 Å². The first-order chi connectivity index (χ1) is 17.9. The van der Waals surface area contributed by atoms with Gasteiger partial charge in [0.2, 0.25) is 0 Å². The molecule has 1 aliphatic carbocycles. The van der Waals surface area contributed by atoms with E-state index in [9.17, 15) is 19.1 Å². The van der Waals surface area contributed by atoms with E-state index >= 15 is 0 Å². The molecule has 0 unspecified atom stereocenters. The molecule has 1 fully saturated rings. The van der Waals surface area contributed by atoms with Crippen LogP contribution in [0.5, 0.6) is 5.75 Å². The van der Waals surface area contributed by atoms with E-state index in [0.29, 0.717) is 33.1 Å². The van der Waals surface area contributed by atoms with Gasteiger partial charge >= 0.3 is 6.03 Å². The van der Waals surface area contributed by atoms with Crippen molar-refractivity contribution in [2.75, 3.05) is 5.32 Å². The highest BCUT2D eigenvalue weighted by atomic mass is 35.5. The Morgan fingerprint density at radius 3 is 2.54 bits per heavy atom. The first-order valence-corrected chi connectivity index (χ1v) is 12.3. The number of carbonyl (C=O) groups is 2. The fraction of sp³-hybridized carbons (Fsp3) is 0.179. The summed E-state index contributed by atoms with van der Waals surface area (Å²) in [5.41, 5.74) is 2.58. The van der Waals surface area contributed by atoms with Crippen LogP contribution in [0, 0.1) is 5.82 Å². The molecule has 0 aliphatic heterocycles. The lowest BCUT2D eigenvalue weighted by molar-refractivity contribution is 0.102. The van der Waals surface area contributed by atoms with Crippen LogP contribution in [0.25, 0.3) is 11.3 Å². The molecule has 3 N–H and O–H groups in total. The normalized spacial score (nSPS) is 13.1. The number of rotatable bonds is 6. The summed E-state index contributed by atoms with van der Waals surface area (Å²) in [4.78, 5) is 25.8. The van der Waals surface area contributed by atoms with Crippen molar-refractivity contribution in [2.24, 2.45) is 0 Å². The molecule has 1 aliphatic rings. The van der Waals surface area contributed by atoms with Gasteiger partial charge in [-0.2, -0.15) is 9.78 Å². The molecule has 0 atom stereocenters. The Balaban J connectivity index is 1.42. The lowest BCUT2D eigenvalue weighted by Gasteiger charge is -2.25. The Kier molecular flexibility index (Phi) is 6.92. The molecule has 0 bridgehead atoms. The number of aromatic hydroxyl groups is 1. The standard InChI is InChI=1S/C28H24ClFN4O3/c29-22-10-3-2-9-20(22)27(36)32-19-12-13-26(35)21(14-19)24-15-25(17-7-5-8-17)34(33-24)28(37)31-16-18-6-1-4-11-23(18)30/h1-4,6,9-15,17,35H,5,7-8,16H2,(H,31,37)(H,32,36). The molecule has 3 aromatic carbocycles. The van der Waals surface area contributed by atoms with Crippen LogP contribution in [0.3, 0.4) is 0 Å². The number of aromatic nitrogens is 2. The highest BCUT2D eigenvalue weighted by Crippen LogP contribution is 2.39. The van der Waals surface area contributed by atoms with Gasteiger partial charge in [-0.05, 0) is 55.3 Å². The van der Waals surface area contributed by atoms with Gasteiger partial charge in [-0.25, -0.2) is 9.18 Å². The molecular formula is C28H24ClFN4O3. The molecule has 1 saturated carbocycles. The maximum Gasteiger partial charge on any atom is 0.342 e. The zero-order valence-corrected chi connectivity index (χ0v) is 20.5. The molecule has 4 aromatic rings. The second-order valence-electron chi connectivity index (χ2n) is 8.91. The fourth-order valence-electron chi connectivity index (χ4n) is 4.23. The van der Waals surface area contributed by atoms with Gasteiger partial charge in [0.05, 0.1) is 22.0 Å². The topological polar surface area (TPSA) is 96.2 Å². The lowest BCUT2D eigenvalue weighted by Crippen LogP contribution is -2.31. The van der Waals surface area contributed by atoms with Crippen LogP contribution in [0.2, 0.25) is 5.02 Å². The zero-order valence-electron chi connectivity index (χ0n) is 19.7. The molecule has 1 heterocycles. The van der Waals surface area contributed by atoms with Crippen molar-refractivity contribution in [2.45, 2.75) is 31.7 Å². The molecule has 1 aromatic heterocycles. The summed E-state index contributed by atoms with van der Waals surface area (Å²) in [5, 5.41) is 20.9. The van der Waals surface area contributed by atoms with Gasteiger partial charge < -0.3 is 15.7 Å². The van der Waals surface area contributed by atoms with E-state index in [4.69, 9.17) is 11.6 Å². The molecule has 0 saturated heterocycles. The van der Waals surface area contributed by atoms with Gasteiger partial charge in [0, 0.05) is 29.3 Å². The van der Waals surface area contributed by atoms with Crippen molar-refractivity contribution < 1.29 is 19.1 Å². The fourth-order valence-corrected chi connectivity index (χ4v) is 4.46. The number of carbonyl (C=O) groups excluding carboxylic acids is 2. The number of nitrogens with one attached hydrogen (secondary N) is 2. The van der Waals surface area contributed by atoms with Gasteiger partial charge in [0.1, 0.15) is 11.6 Å². The van der Waals surface area contributed by atoms with Gasteiger partial charge in [0.15, 0.2) is 0 Å². The summed E-state index contributed by atoms with van der Waals surface area (Å²) in [6.45, 7) is 0.0135. The Morgan fingerprint density at radius 1 is 1.05 bits per heavy atom. The molecule has 188 valence electrons. The number of phenols is 1. The Morgan fingerprint density at radius 2 is 1.81 bits per heavy atom. The maximum absolute atomic E-state index is 14.0. The van der Waals surface area contributed by atoms with Crippen molar-refractivity contribution >= 4 is 29.2 Å². The van der Waals surface area contributed by atoms with Gasteiger partial charge in [-0.1, -0.05) is 48.4 Å². The second-order valence-corrected chi connectivity index (χ2v) is 9.32. The van der Waals surface area contributed by atoms with Crippen molar-refractivity contribution in [3.63, 3.8) is 0 Å². The highest BCUT2D eigenvalue weighted by molar-refractivity contribution is 6.34. The summed E-state index contributed by atoms with van der Waals surface area (Å²) >= 11 is 6.14. The number of anilines is 1. The molecule has 2 amide bonds. The minimum atomic E-state index is -0.487. The van der Waals surface area contributed by atoms with Crippen LogP contribution >= 0.6 is 11.6 Å². The maximum atomic E-state index is 14.0. The second kappa shape index (κ2) is 10.4. The number of benzene rings is 3. The molecule has 7 nitrogen and oxygen atoms in total. The Hall–Kier alpha value is -4.17. The minimum absolute atomic E-state index is 0.0135. The SMILES string of the molecule is O=C(Nc1ccc(O)c(-c2cc(C3CCC3)n(C(=O)NCc3ccccc3F)n2)c1)c1ccccc1Cl. The average molecular weight is 519 g/mol. The monoisotopic (exact) mass is 518 g/mol. The predicted octanol–water partition coefficient (Wildman–Crippen LogP) is 6.33. The number of phenolic OH excluding ortho intramolecular Hbond substituents is 1. The molecule has 5 rings (SSSR count). The van der Waals surface area contributed by atoms with Crippen LogP contribution in [0.4, 0.5) is 14.9 Å². The van der Waals surface area contributed by atoms with Crippen LogP contribution < -0.4 is 10.6 Å². The number of halogens is 2. The molecular weight excluding hydrogens is 495 g/mol. The van der Waals surface area contributed by atoms with Crippen LogP contribution in [-0.4, -0.2) is 26.8 Å². The van der Waals surface area contributed by atoms with E-state index in [1.54, 1.807) is 60.7 Å². The Bertz CT molecular complexity index is 1480. The Labute approximate surface area is 217 Å². The van der Waals surface area contributed by atoms with E-state index in [-0.39, 0.29) is 18.2 Å². The van der Waals surface area contributed by atoms with Crippen molar-refractivity contribution in [1.82, 2.24) is 15.1 Å². The first-order valence-electron chi connectivity index (χ1n) is 11.9. The largest absolute Gasteiger partial charge is 0.507 e. The predicted molar refractivity (Wildman–Crippen MR) is 139 cm³/mol. The number of hydrogen-bond donors (Lipinski definition) is 3. The number of nitrogens with zero attached hydrogens (tertiary/aromatic N) is 2. The molecule has 9 heteroatoms. The van der Waals surface area contributed by atoms with E-state index < -0.39 is 17.8 Å². The smallest absolute Gasteiger partial charge is 0.342 e. The lowest BCUT2D eigenvalue weighted by atomic mass is 9.82. The van der Waals surface area contributed by atoms with Crippen molar-refractivity contribution in [1.29, 1.82) is 0 Å². The zero-order chi connectivity index (χ0) is 25.9. The summed E-state index contributed by atoms with van der Waals surface area (Å²) in [7, 11) is 0. The number of amides is 2. The third kappa shape index (κ3) is 5.20. The minimum Gasteiger partial charge on any atom is -0.507 e. The first kappa shape index (κ1) is 24.5. The van der Waals surface area contributed by atoms with E-state index in [1.807, 2.05) is 0 Å². The third-order valence-electron chi connectivity index (χ3n) is 6.49. The quantitative estimate of drug-likeness (QED) is 0.260. The van der Waals surface area contributed by atoms with E-state index in [2.05, 4.69) is 15.7 Å².